The third kappa shape index (κ3) is 3.34. The van der Waals surface area contributed by atoms with Gasteiger partial charge in [-0.3, -0.25) is 4.57 Å². The molecule has 0 spiro atoms. The Morgan fingerprint density at radius 2 is 1.86 bits per heavy atom. The number of rotatable bonds is 4. The van der Waals surface area contributed by atoms with Crippen LogP contribution in [0.4, 0.5) is 0 Å². The Balaban J connectivity index is 1.81. The van der Waals surface area contributed by atoms with Gasteiger partial charge in [0.2, 0.25) is 0 Å². The molecule has 0 N–H and O–H groups in total. The van der Waals surface area contributed by atoms with Gasteiger partial charge in [-0.15, -0.1) is 10.2 Å². The van der Waals surface area contributed by atoms with E-state index in [0.29, 0.717) is 0 Å². The minimum atomic E-state index is 0.757. The Labute approximate surface area is 139 Å². The van der Waals surface area contributed by atoms with Crippen LogP contribution in [0.1, 0.15) is 16.7 Å². The van der Waals surface area contributed by atoms with E-state index < -0.39 is 0 Å². The van der Waals surface area contributed by atoms with E-state index >= 15 is 0 Å². The first kappa shape index (κ1) is 15.1. The van der Waals surface area contributed by atoms with Crippen LogP contribution in [0, 0.1) is 13.8 Å². The van der Waals surface area contributed by atoms with Gasteiger partial charge < -0.3 is 0 Å². The van der Waals surface area contributed by atoms with E-state index in [-0.39, 0.29) is 0 Å². The Hall–Kier alpha value is -1.78. The summed E-state index contributed by atoms with van der Waals surface area (Å²) in [5.41, 5.74) is 4.80. The Morgan fingerprint density at radius 3 is 2.59 bits per heavy atom. The number of thioether (sulfide) groups is 1. The summed E-state index contributed by atoms with van der Waals surface area (Å²) < 4.78 is 2.04. The summed E-state index contributed by atoms with van der Waals surface area (Å²) in [5.74, 6) is 0.834. The van der Waals surface area contributed by atoms with Gasteiger partial charge in [0, 0.05) is 10.8 Å². The van der Waals surface area contributed by atoms with Gasteiger partial charge in [0.1, 0.15) is 6.33 Å². The molecule has 3 aromatic rings. The van der Waals surface area contributed by atoms with Gasteiger partial charge in [-0.1, -0.05) is 53.2 Å². The topological polar surface area (TPSA) is 30.7 Å². The molecule has 0 aliphatic carbocycles. The molecule has 0 bridgehead atoms. The SMILES string of the molecule is Cc1ccc(-n2cnnc2SCc2ccc(Cl)cc2)c(C)c1. The maximum atomic E-state index is 5.91. The largest absolute Gasteiger partial charge is 0.276 e. The van der Waals surface area contributed by atoms with Crippen molar-refractivity contribution < 1.29 is 0 Å². The zero-order chi connectivity index (χ0) is 15.5. The molecule has 0 saturated carbocycles. The molecule has 0 radical (unpaired) electrons. The second kappa shape index (κ2) is 6.55. The molecule has 0 unspecified atom stereocenters. The Morgan fingerprint density at radius 1 is 1.09 bits per heavy atom. The van der Waals surface area contributed by atoms with Crippen molar-refractivity contribution in [3.05, 3.63) is 70.5 Å². The number of hydrogen-bond donors (Lipinski definition) is 0. The molecular weight excluding hydrogens is 314 g/mol. The van der Waals surface area contributed by atoms with Gasteiger partial charge >= 0.3 is 0 Å². The van der Waals surface area contributed by atoms with Gasteiger partial charge in [0.15, 0.2) is 5.16 Å². The molecule has 22 heavy (non-hydrogen) atoms. The molecule has 0 aliphatic rings. The van der Waals surface area contributed by atoms with E-state index in [1.807, 2.05) is 28.8 Å². The molecule has 2 aromatic carbocycles. The number of halogens is 1. The molecule has 112 valence electrons. The molecule has 0 atom stereocenters. The fourth-order valence-electron chi connectivity index (χ4n) is 2.29. The molecular formula is C17H16ClN3S. The summed E-state index contributed by atoms with van der Waals surface area (Å²) >= 11 is 7.58. The van der Waals surface area contributed by atoms with Gasteiger partial charge in [-0.25, -0.2) is 0 Å². The molecule has 3 nitrogen and oxygen atoms in total. The maximum Gasteiger partial charge on any atom is 0.195 e. The van der Waals surface area contributed by atoms with Crippen molar-refractivity contribution in [1.29, 1.82) is 0 Å². The summed E-state index contributed by atoms with van der Waals surface area (Å²) in [6, 6.07) is 14.3. The number of aromatic nitrogens is 3. The molecule has 5 heteroatoms. The van der Waals surface area contributed by atoms with Gasteiger partial charge in [0.05, 0.1) is 5.69 Å². The van der Waals surface area contributed by atoms with E-state index in [9.17, 15) is 0 Å². The molecule has 0 aliphatic heterocycles. The summed E-state index contributed by atoms with van der Waals surface area (Å²) in [6.45, 7) is 4.20. The molecule has 0 saturated heterocycles. The summed E-state index contributed by atoms with van der Waals surface area (Å²) in [4.78, 5) is 0. The van der Waals surface area contributed by atoms with Gasteiger partial charge in [-0.05, 0) is 43.2 Å². The highest BCUT2D eigenvalue weighted by Crippen LogP contribution is 2.25. The first-order valence-electron chi connectivity index (χ1n) is 6.98. The molecule has 0 amide bonds. The van der Waals surface area contributed by atoms with Crippen LogP contribution in [-0.2, 0) is 5.75 Å². The van der Waals surface area contributed by atoms with Crippen LogP contribution in [0.5, 0.6) is 0 Å². The van der Waals surface area contributed by atoms with E-state index in [4.69, 9.17) is 11.6 Å². The quantitative estimate of drug-likeness (QED) is 0.642. The summed E-state index contributed by atoms with van der Waals surface area (Å²) in [6.07, 6.45) is 1.77. The average Bonchev–Trinajstić information content (AvgIpc) is 2.95. The van der Waals surface area contributed by atoms with Crippen molar-refractivity contribution in [1.82, 2.24) is 14.8 Å². The predicted octanol–water partition coefficient (Wildman–Crippen LogP) is 4.83. The van der Waals surface area contributed by atoms with Crippen molar-refractivity contribution in [2.24, 2.45) is 0 Å². The lowest BCUT2D eigenvalue weighted by atomic mass is 10.1. The fraction of sp³-hybridized carbons (Fsp3) is 0.176. The number of aryl methyl sites for hydroxylation is 2. The third-order valence-corrected chi connectivity index (χ3v) is 4.68. The molecule has 0 fully saturated rings. The molecule has 1 aromatic heterocycles. The van der Waals surface area contributed by atoms with Crippen LogP contribution >= 0.6 is 23.4 Å². The van der Waals surface area contributed by atoms with Crippen LogP contribution in [0.15, 0.2) is 53.9 Å². The van der Waals surface area contributed by atoms with Crippen LogP contribution < -0.4 is 0 Å². The monoisotopic (exact) mass is 329 g/mol. The van der Waals surface area contributed by atoms with Crippen molar-refractivity contribution in [2.75, 3.05) is 0 Å². The Kier molecular flexibility index (Phi) is 4.50. The highest BCUT2D eigenvalue weighted by molar-refractivity contribution is 7.98. The lowest BCUT2D eigenvalue weighted by molar-refractivity contribution is 0.877. The second-order valence-corrected chi connectivity index (χ2v) is 6.57. The lowest BCUT2D eigenvalue weighted by Crippen LogP contribution is -1.98. The van der Waals surface area contributed by atoms with Crippen molar-refractivity contribution >= 4 is 23.4 Å². The average molecular weight is 330 g/mol. The highest BCUT2D eigenvalue weighted by atomic mass is 35.5. The minimum absolute atomic E-state index is 0.757. The van der Waals surface area contributed by atoms with Gasteiger partial charge in [-0.2, -0.15) is 0 Å². The highest BCUT2D eigenvalue weighted by Gasteiger charge is 2.09. The van der Waals surface area contributed by atoms with E-state index in [2.05, 4.69) is 42.2 Å². The molecule has 1 heterocycles. The zero-order valence-corrected chi connectivity index (χ0v) is 14.0. The summed E-state index contributed by atoms with van der Waals surface area (Å²) in [5, 5.41) is 9.95. The van der Waals surface area contributed by atoms with E-state index in [1.54, 1.807) is 18.1 Å². The zero-order valence-electron chi connectivity index (χ0n) is 12.5. The van der Waals surface area contributed by atoms with Crippen LogP contribution in [0.25, 0.3) is 5.69 Å². The second-order valence-electron chi connectivity index (χ2n) is 5.19. The Bertz CT molecular complexity index is 781. The predicted molar refractivity (Wildman–Crippen MR) is 91.8 cm³/mol. The normalized spacial score (nSPS) is 10.9. The van der Waals surface area contributed by atoms with Crippen molar-refractivity contribution in [3.63, 3.8) is 0 Å². The van der Waals surface area contributed by atoms with Crippen LogP contribution in [0.3, 0.4) is 0 Å². The molecule has 3 rings (SSSR count). The maximum absolute atomic E-state index is 5.91. The fourth-order valence-corrected chi connectivity index (χ4v) is 3.30. The van der Waals surface area contributed by atoms with E-state index in [1.165, 1.54) is 16.7 Å². The van der Waals surface area contributed by atoms with Gasteiger partial charge in [0.25, 0.3) is 0 Å². The third-order valence-electron chi connectivity index (χ3n) is 3.41. The van der Waals surface area contributed by atoms with E-state index in [0.717, 1.165) is 21.6 Å². The van der Waals surface area contributed by atoms with Crippen LogP contribution in [-0.4, -0.2) is 14.8 Å². The minimum Gasteiger partial charge on any atom is -0.276 e. The number of benzene rings is 2. The first-order valence-corrected chi connectivity index (χ1v) is 8.35. The standard InChI is InChI=1S/C17H16ClN3S/c1-12-3-8-16(13(2)9-12)21-11-19-20-17(21)22-10-14-4-6-15(18)7-5-14/h3-9,11H,10H2,1-2H3. The lowest BCUT2D eigenvalue weighted by Gasteiger charge is -2.10. The first-order chi connectivity index (χ1) is 10.6. The summed E-state index contributed by atoms with van der Waals surface area (Å²) in [7, 11) is 0. The van der Waals surface area contributed by atoms with Crippen molar-refractivity contribution in [2.45, 2.75) is 24.8 Å². The number of nitrogens with zero attached hydrogens (tertiary/aromatic N) is 3. The smallest absolute Gasteiger partial charge is 0.195 e. The van der Waals surface area contributed by atoms with Crippen molar-refractivity contribution in [3.8, 4) is 5.69 Å². The number of hydrogen-bond acceptors (Lipinski definition) is 3. The van der Waals surface area contributed by atoms with Crippen LogP contribution in [0.2, 0.25) is 5.02 Å².